The molecule has 6 nitrogen and oxygen atoms in total. The third-order valence-corrected chi connectivity index (χ3v) is 4.37. The largest absolute Gasteiger partial charge is 0.381 e. The second kappa shape index (κ2) is 4.15. The molecule has 0 aromatic carbocycles. The van der Waals surface area contributed by atoms with Crippen LogP contribution in [0.1, 0.15) is 19.8 Å². The number of hydrogen-bond donors (Lipinski definition) is 2. The third-order valence-electron chi connectivity index (χ3n) is 2.76. The van der Waals surface area contributed by atoms with Gasteiger partial charge in [0.25, 0.3) is 0 Å². The normalized spacial score (nSPS) is 20.8. The van der Waals surface area contributed by atoms with E-state index in [2.05, 4.69) is 14.9 Å². The molecule has 0 atom stereocenters. The van der Waals surface area contributed by atoms with Crippen molar-refractivity contribution in [3.63, 3.8) is 0 Å². The van der Waals surface area contributed by atoms with Gasteiger partial charge in [0.1, 0.15) is 4.90 Å². The SMILES string of the molecule is CC1(NS(=O)(=O)c2cn[nH]c2)CCOCC1. The van der Waals surface area contributed by atoms with Crippen LogP contribution in [0.4, 0.5) is 0 Å². The highest BCUT2D eigenvalue weighted by Crippen LogP contribution is 2.22. The minimum atomic E-state index is -3.47. The highest BCUT2D eigenvalue weighted by molar-refractivity contribution is 7.89. The van der Waals surface area contributed by atoms with Gasteiger partial charge in [-0.3, -0.25) is 5.10 Å². The van der Waals surface area contributed by atoms with Crippen molar-refractivity contribution >= 4 is 10.0 Å². The highest BCUT2D eigenvalue weighted by atomic mass is 32.2. The number of rotatable bonds is 3. The summed E-state index contributed by atoms with van der Waals surface area (Å²) in [5.74, 6) is 0. The zero-order valence-corrected chi connectivity index (χ0v) is 9.88. The van der Waals surface area contributed by atoms with Gasteiger partial charge in [-0.05, 0) is 19.8 Å². The summed E-state index contributed by atoms with van der Waals surface area (Å²) in [7, 11) is -3.47. The van der Waals surface area contributed by atoms with E-state index < -0.39 is 15.6 Å². The predicted molar refractivity (Wildman–Crippen MR) is 57.4 cm³/mol. The number of H-pyrrole nitrogens is 1. The van der Waals surface area contributed by atoms with Crippen LogP contribution in [0.2, 0.25) is 0 Å². The fourth-order valence-corrected chi connectivity index (χ4v) is 3.06. The Bertz CT molecular complexity index is 435. The Morgan fingerprint density at radius 2 is 2.19 bits per heavy atom. The molecule has 1 aliphatic heterocycles. The molecule has 0 aliphatic carbocycles. The first-order valence-corrected chi connectivity index (χ1v) is 6.61. The first-order valence-electron chi connectivity index (χ1n) is 5.12. The topological polar surface area (TPSA) is 84.1 Å². The monoisotopic (exact) mass is 245 g/mol. The second-order valence-corrected chi connectivity index (χ2v) is 5.89. The van der Waals surface area contributed by atoms with E-state index in [-0.39, 0.29) is 4.90 Å². The van der Waals surface area contributed by atoms with Gasteiger partial charge in [-0.1, -0.05) is 0 Å². The summed E-state index contributed by atoms with van der Waals surface area (Å²) >= 11 is 0. The van der Waals surface area contributed by atoms with E-state index in [0.717, 1.165) is 0 Å². The molecule has 1 aliphatic rings. The average Bonchev–Trinajstić information content (AvgIpc) is 2.70. The van der Waals surface area contributed by atoms with Crippen molar-refractivity contribution in [1.82, 2.24) is 14.9 Å². The summed E-state index contributed by atoms with van der Waals surface area (Å²) in [4.78, 5) is 0.167. The highest BCUT2D eigenvalue weighted by Gasteiger charge is 2.32. The van der Waals surface area contributed by atoms with Gasteiger partial charge >= 0.3 is 0 Å². The van der Waals surface area contributed by atoms with Gasteiger partial charge < -0.3 is 4.74 Å². The van der Waals surface area contributed by atoms with Crippen molar-refractivity contribution in [2.45, 2.75) is 30.2 Å². The van der Waals surface area contributed by atoms with Gasteiger partial charge in [0.05, 0.1) is 6.20 Å². The molecule has 1 aromatic heterocycles. The smallest absolute Gasteiger partial charge is 0.244 e. The lowest BCUT2D eigenvalue weighted by Crippen LogP contribution is -2.49. The van der Waals surface area contributed by atoms with Crippen molar-refractivity contribution in [2.24, 2.45) is 0 Å². The van der Waals surface area contributed by atoms with Crippen molar-refractivity contribution in [2.75, 3.05) is 13.2 Å². The molecule has 0 spiro atoms. The molecular formula is C9H15N3O3S. The number of nitrogens with one attached hydrogen (secondary N) is 2. The number of aromatic nitrogens is 2. The molecule has 0 radical (unpaired) electrons. The fourth-order valence-electron chi connectivity index (χ4n) is 1.69. The Balaban J connectivity index is 2.14. The zero-order chi connectivity index (χ0) is 11.6. The Morgan fingerprint density at radius 1 is 1.50 bits per heavy atom. The maximum absolute atomic E-state index is 12.0. The summed E-state index contributed by atoms with van der Waals surface area (Å²) in [6, 6.07) is 0. The van der Waals surface area contributed by atoms with Gasteiger partial charge in [-0.15, -0.1) is 0 Å². The Labute approximate surface area is 94.4 Å². The molecule has 2 rings (SSSR count). The molecule has 0 amide bonds. The minimum absolute atomic E-state index is 0.167. The zero-order valence-electron chi connectivity index (χ0n) is 9.06. The second-order valence-electron chi connectivity index (χ2n) is 4.21. The van der Waals surface area contributed by atoms with E-state index in [0.29, 0.717) is 26.1 Å². The molecule has 2 heterocycles. The van der Waals surface area contributed by atoms with Gasteiger partial charge in [0.2, 0.25) is 10.0 Å². The first-order chi connectivity index (χ1) is 7.52. The van der Waals surface area contributed by atoms with Crippen LogP contribution in [0.3, 0.4) is 0 Å². The Hall–Kier alpha value is -0.920. The standard InChI is InChI=1S/C9H15N3O3S/c1-9(2-4-15-5-3-9)12-16(13,14)8-6-10-11-7-8/h6-7,12H,2-5H2,1H3,(H,10,11). The van der Waals surface area contributed by atoms with E-state index in [1.165, 1.54) is 12.4 Å². The molecule has 0 saturated carbocycles. The van der Waals surface area contributed by atoms with Crippen molar-refractivity contribution < 1.29 is 13.2 Å². The lowest BCUT2D eigenvalue weighted by atomic mass is 9.94. The van der Waals surface area contributed by atoms with E-state index in [9.17, 15) is 8.42 Å². The van der Waals surface area contributed by atoms with Crippen LogP contribution in [0.5, 0.6) is 0 Å². The molecule has 1 fully saturated rings. The Morgan fingerprint density at radius 3 is 2.75 bits per heavy atom. The molecule has 90 valence electrons. The summed E-state index contributed by atoms with van der Waals surface area (Å²) in [6.45, 7) is 3.07. The van der Waals surface area contributed by atoms with Gasteiger partial charge in [-0.2, -0.15) is 5.10 Å². The van der Waals surface area contributed by atoms with E-state index in [1.54, 1.807) is 0 Å². The Kier molecular flexibility index (Phi) is 3.00. The summed E-state index contributed by atoms with van der Waals surface area (Å²) in [5.41, 5.74) is -0.422. The van der Waals surface area contributed by atoms with Crippen molar-refractivity contribution in [3.05, 3.63) is 12.4 Å². The summed E-state index contributed by atoms with van der Waals surface area (Å²) < 4.78 is 31.8. The molecule has 16 heavy (non-hydrogen) atoms. The van der Waals surface area contributed by atoms with Crippen LogP contribution in [0.25, 0.3) is 0 Å². The number of nitrogens with zero attached hydrogens (tertiary/aromatic N) is 1. The third kappa shape index (κ3) is 2.42. The molecule has 1 saturated heterocycles. The van der Waals surface area contributed by atoms with Crippen LogP contribution in [-0.2, 0) is 14.8 Å². The van der Waals surface area contributed by atoms with Crippen LogP contribution in [0.15, 0.2) is 17.3 Å². The maximum atomic E-state index is 12.0. The van der Waals surface area contributed by atoms with E-state index in [4.69, 9.17) is 4.74 Å². The van der Waals surface area contributed by atoms with Crippen molar-refractivity contribution in [3.8, 4) is 0 Å². The molecular weight excluding hydrogens is 230 g/mol. The van der Waals surface area contributed by atoms with E-state index >= 15 is 0 Å². The van der Waals surface area contributed by atoms with Crippen molar-refractivity contribution in [1.29, 1.82) is 0 Å². The predicted octanol–water partition coefficient (Wildman–Crippen LogP) is 0.257. The van der Waals surface area contributed by atoms with Gasteiger partial charge in [-0.25, -0.2) is 13.1 Å². The van der Waals surface area contributed by atoms with Crippen LogP contribution in [0, 0.1) is 0 Å². The van der Waals surface area contributed by atoms with Gasteiger partial charge in [0, 0.05) is 24.9 Å². The molecule has 0 unspecified atom stereocenters. The minimum Gasteiger partial charge on any atom is -0.381 e. The van der Waals surface area contributed by atoms with Gasteiger partial charge in [0.15, 0.2) is 0 Å². The number of sulfonamides is 1. The first kappa shape index (κ1) is 11.6. The quantitative estimate of drug-likeness (QED) is 0.800. The summed E-state index contributed by atoms with van der Waals surface area (Å²) in [6.07, 6.45) is 4.03. The molecule has 1 aromatic rings. The lowest BCUT2D eigenvalue weighted by Gasteiger charge is -2.33. The summed E-state index contributed by atoms with van der Waals surface area (Å²) in [5, 5.41) is 6.13. The molecule has 0 bridgehead atoms. The average molecular weight is 245 g/mol. The number of aromatic amines is 1. The number of ether oxygens (including phenoxy) is 1. The molecule has 2 N–H and O–H groups in total. The van der Waals surface area contributed by atoms with E-state index in [1.807, 2.05) is 6.92 Å². The lowest BCUT2D eigenvalue weighted by molar-refractivity contribution is 0.0537. The fraction of sp³-hybridized carbons (Fsp3) is 0.667. The molecule has 7 heteroatoms. The maximum Gasteiger partial charge on any atom is 0.244 e. The van der Waals surface area contributed by atoms with Crippen LogP contribution >= 0.6 is 0 Å². The number of hydrogen-bond acceptors (Lipinski definition) is 4. The van der Waals surface area contributed by atoms with Crippen LogP contribution < -0.4 is 4.72 Å². The van der Waals surface area contributed by atoms with Crippen LogP contribution in [-0.4, -0.2) is 37.4 Å².